The van der Waals surface area contributed by atoms with Crippen LogP contribution in [-0.2, 0) is 0 Å². The fourth-order valence-electron chi connectivity index (χ4n) is 3.82. The van der Waals surface area contributed by atoms with Crippen LogP contribution in [0.5, 0.6) is 0 Å². The van der Waals surface area contributed by atoms with Crippen LogP contribution in [0, 0.1) is 0 Å². The molecular formula is C24H24N4S2. The maximum absolute atomic E-state index is 6.36. The minimum atomic E-state index is 0.0286. The van der Waals surface area contributed by atoms with Gasteiger partial charge >= 0.3 is 0 Å². The summed E-state index contributed by atoms with van der Waals surface area (Å²) in [5, 5.41) is 4.31. The summed E-state index contributed by atoms with van der Waals surface area (Å²) in [7, 11) is 4.13. The Morgan fingerprint density at radius 2 is 1.90 bits per heavy atom. The van der Waals surface area contributed by atoms with Crippen molar-refractivity contribution in [2.24, 2.45) is 4.99 Å². The maximum Gasteiger partial charge on any atom is 0.127 e. The molecule has 0 spiro atoms. The van der Waals surface area contributed by atoms with E-state index in [2.05, 4.69) is 83.3 Å². The lowest BCUT2D eigenvalue weighted by Crippen LogP contribution is -2.25. The van der Waals surface area contributed by atoms with Gasteiger partial charge in [0.25, 0.3) is 0 Å². The Morgan fingerprint density at radius 1 is 1.07 bits per heavy atom. The fourth-order valence-corrected chi connectivity index (χ4v) is 5.72. The first-order valence-electron chi connectivity index (χ1n) is 10.00. The lowest BCUT2D eigenvalue weighted by molar-refractivity contribution is 0.931. The molecule has 1 unspecified atom stereocenters. The Morgan fingerprint density at radius 3 is 2.63 bits per heavy atom. The second kappa shape index (κ2) is 7.85. The number of hydrogen-bond donors (Lipinski definition) is 1. The predicted octanol–water partition coefficient (Wildman–Crippen LogP) is 6.00. The van der Waals surface area contributed by atoms with Gasteiger partial charge in [0.1, 0.15) is 5.37 Å². The number of thiophene rings is 1. The Balaban J connectivity index is 1.40. The van der Waals surface area contributed by atoms with Gasteiger partial charge in [0.2, 0.25) is 0 Å². The van der Waals surface area contributed by atoms with Gasteiger partial charge in [0, 0.05) is 60.8 Å². The van der Waals surface area contributed by atoms with Gasteiger partial charge in [-0.2, -0.15) is 11.3 Å². The molecule has 6 heteroatoms. The molecule has 4 nitrogen and oxygen atoms in total. The number of aliphatic imine (C=N–C) groups is 1. The van der Waals surface area contributed by atoms with Crippen molar-refractivity contribution >= 4 is 45.9 Å². The second-order valence-corrected chi connectivity index (χ2v) is 9.65. The van der Waals surface area contributed by atoms with E-state index < -0.39 is 0 Å². The van der Waals surface area contributed by atoms with Gasteiger partial charge < -0.3 is 15.5 Å². The SMILES string of the molecule is CN(C)c1ccc(N2C=C3SC(c4cc(-c5ccsc5)ccc4N)N=C3CC2)cc1. The average molecular weight is 433 g/mol. The van der Waals surface area contributed by atoms with E-state index in [4.69, 9.17) is 10.7 Å². The van der Waals surface area contributed by atoms with E-state index in [1.54, 1.807) is 23.1 Å². The minimum Gasteiger partial charge on any atom is -0.398 e. The number of rotatable bonds is 4. The van der Waals surface area contributed by atoms with E-state index in [1.807, 2.05) is 6.07 Å². The maximum atomic E-state index is 6.36. The molecule has 1 aromatic heterocycles. The van der Waals surface area contributed by atoms with Crippen molar-refractivity contribution in [1.29, 1.82) is 0 Å². The van der Waals surface area contributed by atoms with Crippen molar-refractivity contribution in [3.63, 3.8) is 0 Å². The average Bonchev–Trinajstić information content (AvgIpc) is 3.43. The largest absolute Gasteiger partial charge is 0.398 e. The first kappa shape index (κ1) is 19.3. The molecule has 152 valence electrons. The first-order chi connectivity index (χ1) is 14.6. The van der Waals surface area contributed by atoms with Gasteiger partial charge in [0.05, 0.1) is 5.71 Å². The van der Waals surface area contributed by atoms with E-state index in [0.29, 0.717) is 0 Å². The molecule has 0 bridgehead atoms. The summed E-state index contributed by atoms with van der Waals surface area (Å²) in [6, 6.07) is 17.2. The topological polar surface area (TPSA) is 44.9 Å². The molecule has 0 saturated carbocycles. The summed E-state index contributed by atoms with van der Waals surface area (Å²) >= 11 is 3.52. The van der Waals surface area contributed by atoms with Crippen molar-refractivity contribution in [3.05, 3.63) is 76.0 Å². The predicted molar refractivity (Wildman–Crippen MR) is 133 cm³/mol. The number of benzene rings is 2. The van der Waals surface area contributed by atoms with E-state index >= 15 is 0 Å². The van der Waals surface area contributed by atoms with Crippen molar-refractivity contribution < 1.29 is 0 Å². The molecule has 0 aliphatic carbocycles. The number of nitrogens with zero attached hydrogens (tertiary/aromatic N) is 3. The number of anilines is 3. The van der Waals surface area contributed by atoms with Gasteiger partial charge in [-0.3, -0.25) is 4.99 Å². The molecule has 5 rings (SSSR count). The lowest BCUT2D eigenvalue weighted by Gasteiger charge is -2.26. The number of hydrogen-bond acceptors (Lipinski definition) is 6. The van der Waals surface area contributed by atoms with Crippen LogP contribution in [0.4, 0.5) is 17.1 Å². The quantitative estimate of drug-likeness (QED) is 0.514. The van der Waals surface area contributed by atoms with Crippen molar-refractivity contribution in [1.82, 2.24) is 0 Å². The zero-order chi connectivity index (χ0) is 20.7. The minimum absolute atomic E-state index is 0.0286. The summed E-state index contributed by atoms with van der Waals surface area (Å²) in [6.45, 7) is 0.946. The Hall–Kier alpha value is -2.70. The molecule has 2 N–H and O–H groups in total. The highest BCUT2D eigenvalue weighted by atomic mass is 32.2. The van der Waals surface area contributed by atoms with Gasteiger partial charge in [-0.25, -0.2) is 0 Å². The second-order valence-electron chi connectivity index (χ2n) is 7.75. The van der Waals surface area contributed by atoms with E-state index in [1.165, 1.54) is 33.1 Å². The van der Waals surface area contributed by atoms with E-state index in [-0.39, 0.29) is 5.37 Å². The Labute approximate surface area is 185 Å². The third-order valence-electron chi connectivity index (χ3n) is 5.56. The molecule has 0 radical (unpaired) electrons. The van der Waals surface area contributed by atoms with Crippen LogP contribution in [0.15, 0.2) is 75.4 Å². The monoisotopic (exact) mass is 432 g/mol. The molecule has 3 heterocycles. The van der Waals surface area contributed by atoms with Gasteiger partial charge in [-0.1, -0.05) is 17.8 Å². The molecule has 2 aliphatic heterocycles. The van der Waals surface area contributed by atoms with Crippen molar-refractivity contribution in [2.75, 3.05) is 36.2 Å². The highest BCUT2D eigenvalue weighted by Crippen LogP contribution is 2.47. The third-order valence-corrected chi connectivity index (χ3v) is 7.42. The van der Waals surface area contributed by atoms with E-state index in [0.717, 1.165) is 24.2 Å². The smallest absolute Gasteiger partial charge is 0.127 e. The molecule has 30 heavy (non-hydrogen) atoms. The van der Waals surface area contributed by atoms with E-state index in [9.17, 15) is 0 Å². The number of fused-ring (bicyclic) bond motifs is 1. The number of nitrogen functional groups attached to an aromatic ring is 1. The normalized spacial score (nSPS) is 18.1. The third kappa shape index (κ3) is 3.61. The van der Waals surface area contributed by atoms with Crippen LogP contribution in [0.3, 0.4) is 0 Å². The molecule has 0 amide bonds. The van der Waals surface area contributed by atoms with Crippen LogP contribution in [0.2, 0.25) is 0 Å². The van der Waals surface area contributed by atoms with Gasteiger partial charge in [-0.15, -0.1) is 0 Å². The van der Waals surface area contributed by atoms with Gasteiger partial charge in [-0.05, 0) is 64.4 Å². The fraction of sp³-hybridized carbons (Fsp3) is 0.208. The molecule has 0 saturated heterocycles. The molecule has 1 atom stereocenters. The van der Waals surface area contributed by atoms with Crippen LogP contribution >= 0.6 is 23.1 Å². The lowest BCUT2D eigenvalue weighted by atomic mass is 10.0. The zero-order valence-corrected chi connectivity index (χ0v) is 18.7. The Kier molecular flexibility index (Phi) is 5.05. The standard InChI is InChI=1S/C24H24N4S2/c1-27(2)18-4-6-19(7-5-18)28-11-9-22-23(14-28)30-24(26-22)20-13-16(3-8-21(20)25)17-10-12-29-15-17/h3-8,10,12-15,24H,9,11,25H2,1-2H3. The molecule has 3 aromatic rings. The van der Waals surface area contributed by atoms with Crippen LogP contribution < -0.4 is 15.5 Å². The highest BCUT2D eigenvalue weighted by Gasteiger charge is 2.29. The summed E-state index contributed by atoms with van der Waals surface area (Å²) < 4.78 is 0. The van der Waals surface area contributed by atoms with Gasteiger partial charge in [0.15, 0.2) is 0 Å². The summed E-state index contributed by atoms with van der Waals surface area (Å²) in [5.41, 5.74) is 14.3. The highest BCUT2D eigenvalue weighted by molar-refractivity contribution is 8.04. The van der Waals surface area contributed by atoms with Crippen LogP contribution in [0.25, 0.3) is 11.1 Å². The Bertz CT molecular complexity index is 1110. The molecule has 2 aromatic carbocycles. The zero-order valence-electron chi connectivity index (χ0n) is 17.1. The summed E-state index contributed by atoms with van der Waals surface area (Å²) in [6.07, 6.45) is 3.20. The number of nitrogens with two attached hydrogens (primary N) is 1. The van der Waals surface area contributed by atoms with Crippen LogP contribution in [-0.4, -0.2) is 26.4 Å². The molecule has 2 aliphatic rings. The summed E-state index contributed by atoms with van der Waals surface area (Å²) in [4.78, 5) is 10.7. The molecule has 0 fully saturated rings. The van der Waals surface area contributed by atoms with Crippen LogP contribution in [0.1, 0.15) is 17.4 Å². The van der Waals surface area contributed by atoms with Crippen molar-refractivity contribution in [3.8, 4) is 11.1 Å². The molecular weight excluding hydrogens is 408 g/mol. The van der Waals surface area contributed by atoms with Crippen molar-refractivity contribution in [2.45, 2.75) is 11.8 Å². The number of allylic oxidation sites excluding steroid dienone is 1. The first-order valence-corrected chi connectivity index (χ1v) is 11.8. The summed E-state index contributed by atoms with van der Waals surface area (Å²) in [5.74, 6) is 0. The number of thioether (sulfide) groups is 1.